The Hall–Kier alpha value is -0.380. The van der Waals surface area contributed by atoms with Crippen molar-refractivity contribution in [1.29, 1.82) is 0 Å². The lowest BCUT2D eigenvalue weighted by molar-refractivity contribution is 0.274. The van der Waals surface area contributed by atoms with Crippen LogP contribution in [0.4, 0.5) is 0 Å². The van der Waals surface area contributed by atoms with Gasteiger partial charge in [-0.1, -0.05) is 28.9 Å². The fraction of sp³-hybridized carbons (Fsp3) is 0.273. The van der Waals surface area contributed by atoms with Crippen LogP contribution in [0.3, 0.4) is 0 Å². The van der Waals surface area contributed by atoms with E-state index in [1.165, 1.54) is 15.0 Å². The lowest BCUT2D eigenvalue weighted by Gasteiger charge is -2.01. The van der Waals surface area contributed by atoms with Gasteiger partial charge >= 0.3 is 0 Å². The molecule has 0 saturated heterocycles. The lowest BCUT2D eigenvalue weighted by Crippen LogP contribution is -1.94. The summed E-state index contributed by atoms with van der Waals surface area (Å²) in [5.41, 5.74) is 0. The fourth-order valence-corrected chi connectivity index (χ4v) is 3.02. The van der Waals surface area contributed by atoms with Crippen molar-refractivity contribution in [3.8, 4) is 0 Å². The maximum absolute atomic E-state index is 9.07. The molecule has 1 aromatic heterocycles. The summed E-state index contributed by atoms with van der Waals surface area (Å²) in [6.07, 6.45) is 0. The summed E-state index contributed by atoms with van der Waals surface area (Å²) in [6, 6.07) is 8.42. The highest BCUT2D eigenvalue weighted by molar-refractivity contribution is 9.10. The molecule has 2 aromatic rings. The maximum atomic E-state index is 9.07. The number of aliphatic hydroxyl groups excluding tert-OH is 1. The Kier molecular flexibility index (Phi) is 2.91. The van der Waals surface area contributed by atoms with E-state index in [0.717, 1.165) is 4.47 Å². The normalized spacial score (nSPS) is 13.4. The van der Waals surface area contributed by atoms with Gasteiger partial charge in [0.1, 0.15) is 0 Å². The Morgan fingerprint density at radius 2 is 2.21 bits per heavy atom. The number of thiophene rings is 1. The van der Waals surface area contributed by atoms with Gasteiger partial charge in [-0.25, -0.2) is 0 Å². The van der Waals surface area contributed by atoms with E-state index in [9.17, 15) is 0 Å². The van der Waals surface area contributed by atoms with Gasteiger partial charge in [0.25, 0.3) is 0 Å². The van der Waals surface area contributed by atoms with Crippen molar-refractivity contribution >= 4 is 37.4 Å². The zero-order chi connectivity index (χ0) is 10.1. The molecule has 0 bridgehead atoms. The van der Waals surface area contributed by atoms with E-state index >= 15 is 0 Å². The molecule has 74 valence electrons. The number of hydrogen-bond acceptors (Lipinski definition) is 2. The van der Waals surface area contributed by atoms with E-state index < -0.39 is 0 Å². The first-order valence-corrected chi connectivity index (χ1v) is 6.11. The van der Waals surface area contributed by atoms with Gasteiger partial charge in [0.2, 0.25) is 0 Å². The molecule has 0 amide bonds. The second-order valence-electron chi connectivity index (χ2n) is 3.41. The molecular weight excluding hydrogens is 260 g/mol. The number of fused-ring (bicyclic) bond motifs is 1. The van der Waals surface area contributed by atoms with Crippen molar-refractivity contribution in [3.05, 3.63) is 33.6 Å². The summed E-state index contributed by atoms with van der Waals surface area (Å²) in [6.45, 7) is 2.26. The Balaban J connectivity index is 2.51. The highest BCUT2D eigenvalue weighted by atomic mass is 79.9. The van der Waals surface area contributed by atoms with Crippen LogP contribution in [0.2, 0.25) is 0 Å². The first-order chi connectivity index (χ1) is 6.70. The highest BCUT2D eigenvalue weighted by Gasteiger charge is 2.08. The van der Waals surface area contributed by atoms with Gasteiger partial charge in [-0.2, -0.15) is 0 Å². The molecule has 1 heterocycles. The van der Waals surface area contributed by atoms with Crippen LogP contribution in [0.15, 0.2) is 28.7 Å². The summed E-state index contributed by atoms with van der Waals surface area (Å²) in [5.74, 6) is 0.242. The minimum absolute atomic E-state index is 0.216. The predicted octanol–water partition coefficient (Wildman–Crippen LogP) is 3.76. The van der Waals surface area contributed by atoms with Gasteiger partial charge in [-0.3, -0.25) is 0 Å². The van der Waals surface area contributed by atoms with Crippen LogP contribution in [0.5, 0.6) is 0 Å². The summed E-state index contributed by atoms with van der Waals surface area (Å²) in [7, 11) is 0. The lowest BCUT2D eigenvalue weighted by atomic mass is 10.1. The molecule has 0 radical (unpaired) electrons. The molecule has 0 aliphatic carbocycles. The molecule has 2 rings (SSSR count). The number of rotatable bonds is 2. The van der Waals surface area contributed by atoms with Crippen molar-refractivity contribution in [2.75, 3.05) is 6.61 Å². The third-order valence-corrected chi connectivity index (χ3v) is 4.08. The van der Waals surface area contributed by atoms with Crippen LogP contribution in [0.1, 0.15) is 17.7 Å². The molecule has 0 aliphatic heterocycles. The number of aliphatic hydroxyl groups is 1. The van der Waals surface area contributed by atoms with Gasteiger partial charge in [0, 0.05) is 20.0 Å². The molecule has 1 unspecified atom stereocenters. The third-order valence-electron chi connectivity index (χ3n) is 2.26. The average Bonchev–Trinajstić information content (AvgIpc) is 2.59. The zero-order valence-corrected chi connectivity index (χ0v) is 10.2. The smallest absolute Gasteiger partial charge is 0.0504 e. The summed E-state index contributed by atoms with van der Waals surface area (Å²) >= 11 is 5.21. The second-order valence-corrected chi connectivity index (χ2v) is 5.45. The Bertz CT molecular complexity index is 449. The molecule has 0 spiro atoms. The van der Waals surface area contributed by atoms with Gasteiger partial charge < -0.3 is 5.11 Å². The summed E-state index contributed by atoms with van der Waals surface area (Å²) in [4.78, 5) is 1.25. The first-order valence-electron chi connectivity index (χ1n) is 4.50. The number of hydrogen-bond donors (Lipinski definition) is 1. The standard InChI is InChI=1S/C11H11BrOS/c1-7(6-13)10-4-8-2-3-9(12)5-11(8)14-10/h2-5,7,13H,6H2,1H3. The van der Waals surface area contributed by atoms with Crippen molar-refractivity contribution < 1.29 is 5.11 Å². The topological polar surface area (TPSA) is 20.2 Å². The second kappa shape index (κ2) is 4.01. The van der Waals surface area contributed by atoms with Crippen molar-refractivity contribution in [2.45, 2.75) is 12.8 Å². The van der Waals surface area contributed by atoms with Gasteiger partial charge in [-0.05, 0) is 23.6 Å². The molecule has 1 nitrogen and oxygen atoms in total. The molecule has 14 heavy (non-hydrogen) atoms. The largest absolute Gasteiger partial charge is 0.396 e. The zero-order valence-electron chi connectivity index (χ0n) is 7.83. The van der Waals surface area contributed by atoms with Gasteiger partial charge in [-0.15, -0.1) is 11.3 Å². The van der Waals surface area contributed by atoms with Crippen LogP contribution < -0.4 is 0 Å². The third kappa shape index (κ3) is 1.85. The molecule has 1 aromatic carbocycles. The van der Waals surface area contributed by atoms with Crippen LogP contribution >= 0.6 is 27.3 Å². The SMILES string of the molecule is CC(CO)c1cc2ccc(Br)cc2s1. The Morgan fingerprint density at radius 3 is 2.93 bits per heavy atom. The molecular formula is C11H11BrOS. The monoisotopic (exact) mass is 270 g/mol. The quantitative estimate of drug-likeness (QED) is 0.881. The predicted molar refractivity (Wildman–Crippen MR) is 65.0 cm³/mol. The van der Waals surface area contributed by atoms with Crippen LogP contribution in [0.25, 0.3) is 10.1 Å². The molecule has 3 heteroatoms. The molecule has 0 saturated carbocycles. The highest BCUT2D eigenvalue weighted by Crippen LogP contribution is 2.32. The maximum Gasteiger partial charge on any atom is 0.0504 e. The summed E-state index contributed by atoms with van der Waals surface area (Å²) in [5, 5.41) is 10.3. The Morgan fingerprint density at radius 1 is 1.43 bits per heavy atom. The number of halogens is 1. The van der Waals surface area contributed by atoms with Gasteiger partial charge in [0.15, 0.2) is 0 Å². The average molecular weight is 271 g/mol. The fourth-order valence-electron chi connectivity index (χ4n) is 1.36. The van der Waals surface area contributed by atoms with Crippen molar-refractivity contribution in [1.82, 2.24) is 0 Å². The Labute approximate surface area is 95.5 Å². The van der Waals surface area contributed by atoms with E-state index in [1.54, 1.807) is 11.3 Å². The van der Waals surface area contributed by atoms with Crippen molar-refractivity contribution in [3.63, 3.8) is 0 Å². The van der Waals surface area contributed by atoms with E-state index in [0.29, 0.717) is 0 Å². The molecule has 1 N–H and O–H groups in total. The minimum atomic E-state index is 0.216. The van der Waals surface area contributed by atoms with E-state index in [2.05, 4.69) is 34.1 Å². The molecule has 0 aliphatic rings. The van der Waals surface area contributed by atoms with E-state index in [-0.39, 0.29) is 12.5 Å². The number of benzene rings is 1. The molecule has 0 fully saturated rings. The van der Waals surface area contributed by atoms with Crippen LogP contribution in [-0.4, -0.2) is 11.7 Å². The van der Waals surface area contributed by atoms with Crippen molar-refractivity contribution in [2.24, 2.45) is 0 Å². The minimum Gasteiger partial charge on any atom is -0.396 e. The van der Waals surface area contributed by atoms with Gasteiger partial charge in [0.05, 0.1) is 6.61 Å². The first kappa shape index (κ1) is 10.1. The van der Waals surface area contributed by atoms with E-state index in [4.69, 9.17) is 5.11 Å². The van der Waals surface area contributed by atoms with Crippen LogP contribution in [-0.2, 0) is 0 Å². The van der Waals surface area contributed by atoms with E-state index in [1.807, 2.05) is 13.0 Å². The van der Waals surface area contributed by atoms with Crippen LogP contribution in [0, 0.1) is 0 Å². The summed E-state index contributed by atoms with van der Waals surface area (Å²) < 4.78 is 2.38. The molecule has 1 atom stereocenters.